The van der Waals surface area contributed by atoms with Crippen LogP contribution >= 0.6 is 6.89 Å². The molecule has 0 radical (unpaired) electrons. The van der Waals surface area contributed by atoms with Crippen molar-refractivity contribution < 1.29 is 24.3 Å². The molecular weight excluding hydrogens is 293 g/mol. The van der Waals surface area contributed by atoms with Crippen molar-refractivity contribution in [3.05, 3.63) is 12.4 Å². The van der Waals surface area contributed by atoms with Gasteiger partial charge in [0.2, 0.25) is 12.0 Å². The third-order valence-corrected chi connectivity index (χ3v) is 5.00. The van der Waals surface area contributed by atoms with E-state index in [2.05, 4.69) is 36.8 Å². The maximum atomic E-state index is 11.2. The van der Waals surface area contributed by atoms with Crippen LogP contribution in [0.5, 0.6) is 0 Å². The predicted octanol–water partition coefficient (Wildman–Crippen LogP) is -0.643. The van der Waals surface area contributed by atoms with Crippen LogP contribution < -0.4 is 10.6 Å². The summed E-state index contributed by atoms with van der Waals surface area (Å²) in [6.07, 6.45) is 3.73. The summed E-state index contributed by atoms with van der Waals surface area (Å²) >= 11 is 0. The average Bonchev–Trinajstić information content (AvgIpc) is 2.64. The first-order valence-electron chi connectivity index (χ1n) is 6.76. The molecule has 0 spiro atoms. The van der Waals surface area contributed by atoms with E-state index in [0.29, 0.717) is 12.2 Å². The molecule has 2 aliphatic heterocycles. The number of amides is 2. The molecule has 0 aromatic heterocycles. The first-order valence-corrected chi connectivity index (χ1v) is 9.81. The van der Waals surface area contributed by atoms with Crippen molar-refractivity contribution in [3.63, 3.8) is 0 Å². The van der Waals surface area contributed by atoms with E-state index < -0.39 is 37.5 Å². The van der Waals surface area contributed by atoms with Gasteiger partial charge in [-0.15, -0.1) is 13.2 Å². The first kappa shape index (κ1) is 16.2. The Labute approximate surface area is 124 Å². The van der Waals surface area contributed by atoms with Gasteiger partial charge in [-0.05, 0) is 32.5 Å². The van der Waals surface area contributed by atoms with E-state index in [9.17, 15) is 15.0 Å². The summed E-state index contributed by atoms with van der Waals surface area (Å²) in [6.45, 7) is 6.71. The van der Waals surface area contributed by atoms with Gasteiger partial charge >= 0.3 is 6.03 Å². The maximum Gasteiger partial charge on any atom is 0.440 e. The summed E-state index contributed by atoms with van der Waals surface area (Å²) in [5, 5.41) is 25.2. The third-order valence-electron chi connectivity index (χ3n) is 3.53. The number of carbonyl (C=O) groups is 1. The van der Waals surface area contributed by atoms with Crippen molar-refractivity contribution in [2.24, 2.45) is 0 Å². The summed E-state index contributed by atoms with van der Waals surface area (Å²) in [5.41, 5.74) is 0. The van der Waals surface area contributed by atoms with Gasteiger partial charge < -0.3 is 14.9 Å². The Kier molecular flexibility index (Phi) is 4.58. The van der Waals surface area contributed by atoms with Gasteiger partial charge in [-0.25, -0.2) is 20.0 Å². The standard InChI is InChI=1S/C13H22N3O4P/c1-8-15-13(19)14-7-16(8)12-11(18)10(17)9(20-12)5-6-21(2,3)4/h7,9-12,17-18H,1-2,5-6H2,3-4H3,(H,15,19)/p+1/t9-,10-,11-,12-/m1/s1. The maximum absolute atomic E-state index is 11.2. The molecule has 2 amide bonds. The second-order valence-corrected chi connectivity index (χ2v) is 10.4. The molecule has 1 saturated heterocycles. The van der Waals surface area contributed by atoms with Gasteiger partial charge in [0.15, 0.2) is 6.34 Å². The zero-order chi connectivity index (χ0) is 15.8. The van der Waals surface area contributed by atoms with E-state index in [1.54, 1.807) is 0 Å². The number of aliphatic hydroxyl groups excluding tert-OH is 2. The fourth-order valence-electron chi connectivity index (χ4n) is 2.34. The van der Waals surface area contributed by atoms with Gasteiger partial charge in [-0.1, -0.05) is 0 Å². The van der Waals surface area contributed by atoms with Crippen molar-refractivity contribution in [2.45, 2.75) is 31.0 Å². The number of carbonyl (C=O) groups excluding carboxylic acids is 1. The number of rotatable bonds is 4. The first-order chi connectivity index (χ1) is 9.69. The van der Waals surface area contributed by atoms with Crippen molar-refractivity contribution in [1.82, 2.24) is 10.6 Å². The van der Waals surface area contributed by atoms with Crippen LogP contribution in [-0.2, 0) is 4.74 Å². The molecule has 0 unspecified atom stereocenters. The van der Waals surface area contributed by atoms with Crippen LogP contribution in [0.4, 0.5) is 4.79 Å². The highest BCUT2D eigenvalue weighted by atomic mass is 31.2. The number of urea groups is 1. The Bertz CT molecular complexity index is 528. The van der Waals surface area contributed by atoms with E-state index in [1.807, 2.05) is 0 Å². The molecule has 4 atom stereocenters. The fraction of sp³-hybridized carbons (Fsp3) is 0.615. The van der Waals surface area contributed by atoms with E-state index >= 15 is 0 Å². The Hall–Kier alpha value is -1.14. The van der Waals surface area contributed by atoms with Crippen LogP contribution in [0.15, 0.2) is 12.4 Å². The van der Waals surface area contributed by atoms with E-state index in [1.165, 1.54) is 10.9 Å². The van der Waals surface area contributed by atoms with Gasteiger partial charge in [0.1, 0.15) is 12.2 Å². The normalized spacial score (nSPS) is 33.4. The molecule has 0 aromatic rings. The molecular formula is C13H23N3O4P+. The fourth-order valence-corrected chi connectivity index (χ4v) is 3.29. The van der Waals surface area contributed by atoms with E-state index in [4.69, 9.17) is 4.74 Å². The molecule has 4 N–H and O–H groups in total. The Morgan fingerprint density at radius 1 is 1.43 bits per heavy atom. The largest absolute Gasteiger partial charge is 0.440 e. The minimum atomic E-state index is -1.22. The number of hydrogen-bond donors (Lipinski definition) is 4. The molecule has 118 valence electrons. The summed E-state index contributed by atoms with van der Waals surface area (Å²) in [5.74, 6) is 0.292. The Morgan fingerprint density at radius 2 is 2.10 bits per heavy atom. The topological polar surface area (TPSA) is 93.8 Å². The van der Waals surface area contributed by atoms with Crippen LogP contribution in [0.1, 0.15) is 6.42 Å². The Morgan fingerprint density at radius 3 is 2.67 bits per heavy atom. The zero-order valence-corrected chi connectivity index (χ0v) is 13.2. The minimum absolute atomic E-state index is 0.292. The number of aliphatic hydroxyl groups is 2. The number of ether oxygens (including phenoxy) is 1. The van der Waals surface area contributed by atoms with Gasteiger partial charge in [0.05, 0.1) is 6.10 Å². The smallest absolute Gasteiger partial charge is 0.387 e. The van der Waals surface area contributed by atoms with Crippen molar-refractivity contribution >= 4 is 25.6 Å². The molecule has 8 heteroatoms. The van der Waals surface area contributed by atoms with Gasteiger partial charge in [0, 0.05) is 0 Å². The van der Waals surface area contributed by atoms with Crippen LogP contribution in [0.2, 0.25) is 0 Å². The Balaban J connectivity index is 2.08. The van der Waals surface area contributed by atoms with Gasteiger partial charge in [0.25, 0.3) is 0 Å². The summed E-state index contributed by atoms with van der Waals surface area (Å²) in [4.78, 5) is 11.2. The predicted molar refractivity (Wildman–Crippen MR) is 83.2 cm³/mol. The molecule has 0 bridgehead atoms. The van der Waals surface area contributed by atoms with Crippen LogP contribution in [0.25, 0.3) is 0 Å². The molecule has 0 aliphatic carbocycles. The molecule has 0 aromatic carbocycles. The molecule has 0 saturated carbocycles. The van der Waals surface area contributed by atoms with Crippen molar-refractivity contribution in [2.75, 3.05) is 19.5 Å². The third kappa shape index (κ3) is 3.74. The highest BCUT2D eigenvalue weighted by Gasteiger charge is 2.47. The minimum Gasteiger partial charge on any atom is -0.387 e. The van der Waals surface area contributed by atoms with E-state index in [-0.39, 0.29) is 0 Å². The summed E-state index contributed by atoms with van der Waals surface area (Å²) < 4.78 is 7.23. The van der Waals surface area contributed by atoms with Crippen molar-refractivity contribution in [1.29, 1.82) is 0 Å². The van der Waals surface area contributed by atoms with Crippen molar-refractivity contribution in [3.8, 4) is 0 Å². The summed E-state index contributed by atoms with van der Waals surface area (Å²) in [7, 11) is 0. The van der Waals surface area contributed by atoms with Crippen LogP contribution in [-0.4, -0.2) is 77.5 Å². The molecule has 7 nitrogen and oxygen atoms in total. The lowest BCUT2D eigenvalue weighted by Gasteiger charge is -2.21. The lowest BCUT2D eigenvalue weighted by Crippen LogP contribution is -2.51. The summed E-state index contributed by atoms with van der Waals surface area (Å²) in [6, 6.07) is -0.399. The second kappa shape index (κ2) is 5.93. The molecule has 2 heterocycles. The lowest BCUT2D eigenvalue weighted by molar-refractivity contribution is -0.579. The van der Waals surface area contributed by atoms with Crippen LogP contribution in [0.3, 0.4) is 0 Å². The molecule has 21 heavy (non-hydrogen) atoms. The second-order valence-electron chi connectivity index (χ2n) is 6.08. The molecule has 2 rings (SSSR count). The van der Waals surface area contributed by atoms with Gasteiger partial charge in [-0.3, -0.25) is 0 Å². The molecule has 2 aliphatic rings. The SMILES string of the molecule is C=C1NC(=O)NC=[N+]1[C@@H]1O[C@H](CCP(=C)(C)C)[C@@H](O)[C@H]1O. The van der Waals surface area contributed by atoms with E-state index in [0.717, 1.165) is 6.16 Å². The quantitative estimate of drug-likeness (QED) is 0.410. The lowest BCUT2D eigenvalue weighted by atomic mass is 10.1. The molecule has 1 fully saturated rings. The highest BCUT2D eigenvalue weighted by Crippen LogP contribution is 2.38. The number of nitrogens with zero attached hydrogens (tertiary/aromatic N) is 1. The zero-order valence-electron chi connectivity index (χ0n) is 12.3. The van der Waals surface area contributed by atoms with Crippen LogP contribution in [0, 0.1) is 0 Å². The monoisotopic (exact) mass is 316 g/mol. The average molecular weight is 316 g/mol. The van der Waals surface area contributed by atoms with Gasteiger partial charge in [-0.2, -0.15) is 0 Å². The number of hydrogen-bond acceptors (Lipinski definition) is 4. The highest BCUT2D eigenvalue weighted by molar-refractivity contribution is 7.72. The number of nitrogens with one attached hydrogen (secondary N) is 2.